The number of carbonyl (C=O) groups is 1. The van der Waals surface area contributed by atoms with E-state index in [0.717, 1.165) is 16.2 Å². The summed E-state index contributed by atoms with van der Waals surface area (Å²) < 4.78 is 0. The van der Waals surface area contributed by atoms with E-state index in [1.54, 1.807) is 6.20 Å². The molecule has 0 bridgehead atoms. The van der Waals surface area contributed by atoms with Crippen molar-refractivity contribution in [1.82, 2.24) is 4.98 Å². The summed E-state index contributed by atoms with van der Waals surface area (Å²) in [5.41, 5.74) is 1.69. The van der Waals surface area contributed by atoms with E-state index in [1.165, 1.54) is 11.8 Å². The second kappa shape index (κ2) is 5.57. The van der Waals surface area contributed by atoms with E-state index < -0.39 is 0 Å². The second-order valence-corrected chi connectivity index (χ2v) is 6.43. The molecule has 98 valence electrons. The van der Waals surface area contributed by atoms with Crippen molar-refractivity contribution in [2.24, 2.45) is 5.41 Å². The van der Waals surface area contributed by atoms with Crippen LogP contribution >= 0.6 is 11.8 Å². The molecule has 3 heteroatoms. The summed E-state index contributed by atoms with van der Waals surface area (Å²) in [6.45, 7) is 5.81. The van der Waals surface area contributed by atoms with Crippen LogP contribution in [0.5, 0.6) is 0 Å². The Hall–Kier alpha value is -1.61. The first-order chi connectivity index (χ1) is 8.97. The lowest BCUT2D eigenvalue weighted by atomic mass is 10.00. The number of nitrogens with zero attached hydrogens (tertiary/aromatic N) is 1. The minimum Gasteiger partial charge on any atom is -0.286 e. The van der Waals surface area contributed by atoms with Crippen molar-refractivity contribution in [2.75, 3.05) is 0 Å². The average molecular weight is 271 g/mol. The summed E-state index contributed by atoms with van der Waals surface area (Å²) in [6.07, 6.45) is 1.78. The minimum absolute atomic E-state index is 0.179. The molecule has 0 saturated carbocycles. The third kappa shape index (κ3) is 3.67. The standard InChI is InChI=1S/C16H17NOS/c1-16(2,3)15(18)19-13-9-7-12(8-10-13)14-6-4-5-11-17-14/h4-11H,1-3H3. The van der Waals surface area contributed by atoms with Crippen LogP contribution in [-0.2, 0) is 4.79 Å². The molecule has 2 aromatic rings. The van der Waals surface area contributed by atoms with Gasteiger partial charge in [0.1, 0.15) is 0 Å². The predicted octanol–water partition coefficient (Wildman–Crippen LogP) is 4.41. The summed E-state index contributed by atoms with van der Waals surface area (Å²) in [4.78, 5) is 17.2. The molecule has 0 amide bonds. The highest BCUT2D eigenvalue weighted by Gasteiger charge is 2.22. The molecule has 19 heavy (non-hydrogen) atoms. The first-order valence-electron chi connectivity index (χ1n) is 6.20. The first-order valence-corrected chi connectivity index (χ1v) is 7.02. The van der Waals surface area contributed by atoms with Gasteiger partial charge in [0.15, 0.2) is 5.12 Å². The van der Waals surface area contributed by atoms with Crippen molar-refractivity contribution in [3.05, 3.63) is 48.7 Å². The molecule has 0 atom stereocenters. The Morgan fingerprint density at radius 1 is 1.05 bits per heavy atom. The summed E-state index contributed by atoms with van der Waals surface area (Å²) in [5.74, 6) is 0. The lowest BCUT2D eigenvalue weighted by Gasteiger charge is -2.15. The van der Waals surface area contributed by atoms with Gasteiger partial charge < -0.3 is 0 Å². The smallest absolute Gasteiger partial charge is 0.198 e. The lowest BCUT2D eigenvalue weighted by Crippen LogP contribution is -2.16. The van der Waals surface area contributed by atoms with Gasteiger partial charge in [-0.05, 0) is 24.3 Å². The monoisotopic (exact) mass is 271 g/mol. The van der Waals surface area contributed by atoms with E-state index in [9.17, 15) is 4.79 Å². The van der Waals surface area contributed by atoms with Gasteiger partial charge in [-0.15, -0.1) is 0 Å². The van der Waals surface area contributed by atoms with Gasteiger partial charge in [-0.3, -0.25) is 9.78 Å². The van der Waals surface area contributed by atoms with Crippen molar-refractivity contribution in [3.63, 3.8) is 0 Å². The van der Waals surface area contributed by atoms with Gasteiger partial charge in [0, 0.05) is 22.1 Å². The van der Waals surface area contributed by atoms with Gasteiger partial charge in [0.2, 0.25) is 0 Å². The molecule has 0 aliphatic carbocycles. The van der Waals surface area contributed by atoms with Crippen LogP contribution in [0.15, 0.2) is 53.6 Å². The Labute approximate surface area is 118 Å². The van der Waals surface area contributed by atoms with Crippen LogP contribution in [0.25, 0.3) is 11.3 Å². The zero-order valence-electron chi connectivity index (χ0n) is 11.4. The third-order valence-electron chi connectivity index (χ3n) is 2.64. The highest BCUT2D eigenvalue weighted by molar-refractivity contribution is 8.13. The van der Waals surface area contributed by atoms with Gasteiger partial charge in [0.05, 0.1) is 5.69 Å². The molecular formula is C16H17NOS. The van der Waals surface area contributed by atoms with Crippen molar-refractivity contribution >= 4 is 16.9 Å². The van der Waals surface area contributed by atoms with Crippen LogP contribution in [-0.4, -0.2) is 10.1 Å². The number of carbonyl (C=O) groups excluding carboxylic acids is 1. The molecule has 0 aliphatic heterocycles. The average Bonchev–Trinajstić information content (AvgIpc) is 2.39. The number of rotatable bonds is 2. The lowest BCUT2D eigenvalue weighted by molar-refractivity contribution is -0.117. The topological polar surface area (TPSA) is 30.0 Å². The van der Waals surface area contributed by atoms with Gasteiger partial charge in [-0.2, -0.15) is 0 Å². The molecular weight excluding hydrogens is 254 g/mol. The number of hydrogen-bond donors (Lipinski definition) is 0. The maximum Gasteiger partial charge on any atom is 0.198 e. The fraction of sp³-hybridized carbons (Fsp3) is 0.250. The zero-order valence-corrected chi connectivity index (χ0v) is 12.2. The number of aromatic nitrogens is 1. The third-order valence-corrected chi connectivity index (χ3v) is 3.94. The van der Waals surface area contributed by atoms with E-state index in [0.29, 0.717) is 0 Å². The Morgan fingerprint density at radius 3 is 2.26 bits per heavy atom. The first kappa shape index (κ1) is 13.8. The second-order valence-electron chi connectivity index (χ2n) is 5.38. The molecule has 2 rings (SSSR count). The van der Waals surface area contributed by atoms with Crippen molar-refractivity contribution in [1.29, 1.82) is 0 Å². The van der Waals surface area contributed by atoms with Crippen LogP contribution in [0.2, 0.25) is 0 Å². The predicted molar refractivity (Wildman–Crippen MR) is 80.0 cm³/mol. The Balaban J connectivity index is 2.14. The molecule has 0 N–H and O–H groups in total. The maximum absolute atomic E-state index is 11.9. The van der Waals surface area contributed by atoms with Crippen LogP contribution in [0.4, 0.5) is 0 Å². The molecule has 2 nitrogen and oxygen atoms in total. The van der Waals surface area contributed by atoms with Gasteiger partial charge >= 0.3 is 0 Å². The fourth-order valence-corrected chi connectivity index (χ4v) is 2.28. The van der Waals surface area contributed by atoms with Crippen LogP contribution in [0, 0.1) is 5.41 Å². The number of benzene rings is 1. The molecule has 0 fully saturated rings. The molecule has 1 heterocycles. The van der Waals surface area contributed by atoms with Crippen LogP contribution < -0.4 is 0 Å². The number of thioether (sulfide) groups is 1. The molecule has 1 aromatic carbocycles. The highest BCUT2D eigenvalue weighted by Crippen LogP contribution is 2.30. The van der Waals surface area contributed by atoms with Gasteiger partial charge in [0.25, 0.3) is 0 Å². The summed E-state index contributed by atoms with van der Waals surface area (Å²) in [5, 5.41) is 0.179. The normalized spacial score (nSPS) is 11.3. The molecule has 0 unspecified atom stereocenters. The molecule has 1 aromatic heterocycles. The number of pyridine rings is 1. The summed E-state index contributed by atoms with van der Waals surface area (Å²) in [7, 11) is 0. The Morgan fingerprint density at radius 2 is 1.74 bits per heavy atom. The van der Waals surface area contributed by atoms with Gasteiger partial charge in [-0.1, -0.05) is 50.7 Å². The Kier molecular flexibility index (Phi) is 4.05. The maximum atomic E-state index is 11.9. The minimum atomic E-state index is -0.315. The van der Waals surface area contributed by atoms with Gasteiger partial charge in [-0.25, -0.2) is 0 Å². The van der Waals surface area contributed by atoms with Crippen LogP contribution in [0.3, 0.4) is 0 Å². The SMILES string of the molecule is CC(C)(C)C(=O)Sc1ccc(-c2ccccn2)cc1. The Bertz CT molecular complexity index is 556. The van der Waals surface area contributed by atoms with E-state index in [2.05, 4.69) is 4.98 Å². The highest BCUT2D eigenvalue weighted by atomic mass is 32.2. The van der Waals surface area contributed by atoms with E-state index in [-0.39, 0.29) is 10.5 Å². The van der Waals surface area contributed by atoms with E-state index >= 15 is 0 Å². The molecule has 0 spiro atoms. The van der Waals surface area contributed by atoms with E-state index in [4.69, 9.17) is 0 Å². The summed E-state index contributed by atoms with van der Waals surface area (Å²) in [6, 6.07) is 13.8. The number of hydrogen-bond acceptors (Lipinski definition) is 3. The molecule has 0 aliphatic rings. The fourth-order valence-electron chi connectivity index (χ4n) is 1.49. The van der Waals surface area contributed by atoms with Crippen molar-refractivity contribution in [3.8, 4) is 11.3 Å². The van der Waals surface area contributed by atoms with Crippen molar-refractivity contribution in [2.45, 2.75) is 25.7 Å². The van der Waals surface area contributed by atoms with Crippen LogP contribution in [0.1, 0.15) is 20.8 Å². The van der Waals surface area contributed by atoms with Crippen molar-refractivity contribution < 1.29 is 4.79 Å². The summed E-state index contributed by atoms with van der Waals surface area (Å²) >= 11 is 1.30. The van der Waals surface area contributed by atoms with E-state index in [1.807, 2.05) is 63.2 Å². The molecule has 0 radical (unpaired) electrons. The quantitative estimate of drug-likeness (QED) is 0.758. The molecule has 0 saturated heterocycles. The zero-order chi connectivity index (χ0) is 13.9. The largest absolute Gasteiger partial charge is 0.286 e.